The lowest BCUT2D eigenvalue weighted by Gasteiger charge is -2.38. The smallest absolute Gasteiger partial charge is 0.338 e. The van der Waals surface area contributed by atoms with E-state index in [0.29, 0.717) is 17.5 Å². The number of carbonyl (C=O) groups is 1. The van der Waals surface area contributed by atoms with Crippen LogP contribution >= 0.6 is 0 Å². The third-order valence-corrected chi connectivity index (χ3v) is 11.2. The van der Waals surface area contributed by atoms with E-state index in [1.54, 1.807) is 54.6 Å². The molecule has 2 atom stereocenters. The second-order valence-corrected chi connectivity index (χ2v) is 14.0. The number of carbonyl (C=O) groups excluding carboxylic acids is 1. The Bertz CT molecular complexity index is 1870. The van der Waals surface area contributed by atoms with Crippen molar-refractivity contribution in [2.24, 2.45) is 11.3 Å². The Morgan fingerprint density at radius 3 is 2.49 bits per heavy atom. The summed E-state index contributed by atoms with van der Waals surface area (Å²) in [6.45, 7) is 2.54. The number of hydrogen-bond acceptors (Lipinski definition) is 5. The van der Waals surface area contributed by atoms with E-state index in [1.807, 2.05) is 10.9 Å². The molecule has 0 spiro atoms. The van der Waals surface area contributed by atoms with Crippen molar-refractivity contribution in [3.63, 3.8) is 0 Å². The molecular formula is C35H35F2N3O4S. The maximum absolute atomic E-state index is 14.6. The standard InChI is InChI=1S/C35H35F2N3O4S/c1-35-20-26-21-38-40(30-15-13-29(36)14-16-30)33(26)19-27(35)11-12-28(35)22-39(18-17-24-7-4-6-10-32(24)37)45(42,43)23-25-8-3-5-9-31(25)34(41)44-2/h3-10,13-16,19,21,28H,11-12,17-18,20,22-23H2,1-2H3/t28-,35+/m1/s1. The van der Waals surface area contributed by atoms with Gasteiger partial charge in [-0.15, -0.1) is 0 Å². The summed E-state index contributed by atoms with van der Waals surface area (Å²) in [7, 11) is -2.67. The van der Waals surface area contributed by atoms with Gasteiger partial charge in [0.25, 0.3) is 0 Å². The maximum Gasteiger partial charge on any atom is 0.338 e. The fourth-order valence-electron chi connectivity index (χ4n) is 6.79. The highest BCUT2D eigenvalue weighted by Crippen LogP contribution is 2.53. The van der Waals surface area contributed by atoms with E-state index in [2.05, 4.69) is 18.1 Å². The second-order valence-electron chi connectivity index (χ2n) is 12.0. The molecule has 2 aliphatic rings. The Labute approximate surface area is 262 Å². The zero-order chi connectivity index (χ0) is 31.8. The molecule has 0 aliphatic heterocycles. The molecule has 1 fully saturated rings. The number of nitrogens with zero attached hydrogens (tertiary/aromatic N) is 3. The van der Waals surface area contributed by atoms with Gasteiger partial charge in [0.05, 0.1) is 36.0 Å². The number of sulfonamides is 1. The number of methoxy groups -OCH3 is 1. The molecule has 0 radical (unpaired) electrons. The molecule has 10 heteroatoms. The average Bonchev–Trinajstić information content (AvgIpc) is 3.57. The van der Waals surface area contributed by atoms with E-state index in [1.165, 1.54) is 35.2 Å². The molecular weight excluding hydrogens is 596 g/mol. The number of aromatic nitrogens is 2. The fraction of sp³-hybridized carbons (Fsp3) is 0.314. The molecule has 7 nitrogen and oxygen atoms in total. The number of fused-ring (bicyclic) bond motifs is 2. The second kappa shape index (κ2) is 12.3. The summed E-state index contributed by atoms with van der Waals surface area (Å²) in [5.41, 5.74) is 4.70. The zero-order valence-electron chi connectivity index (χ0n) is 25.2. The van der Waals surface area contributed by atoms with Crippen LogP contribution < -0.4 is 0 Å². The third-order valence-electron chi connectivity index (χ3n) is 9.39. The third kappa shape index (κ3) is 6.09. The van der Waals surface area contributed by atoms with Crippen LogP contribution in [0.2, 0.25) is 0 Å². The zero-order valence-corrected chi connectivity index (χ0v) is 26.1. The Morgan fingerprint density at radius 2 is 1.76 bits per heavy atom. The van der Waals surface area contributed by atoms with Gasteiger partial charge in [0, 0.05) is 13.1 Å². The van der Waals surface area contributed by atoms with Gasteiger partial charge in [0.2, 0.25) is 10.0 Å². The van der Waals surface area contributed by atoms with Crippen LogP contribution in [0.15, 0.2) is 84.6 Å². The first-order chi connectivity index (χ1) is 21.6. The van der Waals surface area contributed by atoms with Gasteiger partial charge in [0.1, 0.15) is 11.6 Å². The van der Waals surface area contributed by atoms with E-state index in [9.17, 15) is 22.0 Å². The molecule has 234 valence electrons. The molecule has 1 aromatic heterocycles. The number of esters is 1. The van der Waals surface area contributed by atoms with Gasteiger partial charge in [-0.3, -0.25) is 0 Å². The average molecular weight is 632 g/mol. The van der Waals surface area contributed by atoms with Crippen LogP contribution in [0.4, 0.5) is 8.78 Å². The first-order valence-corrected chi connectivity index (χ1v) is 16.6. The highest BCUT2D eigenvalue weighted by Gasteiger charge is 2.47. The fourth-order valence-corrected chi connectivity index (χ4v) is 8.40. The normalized spacial score (nSPS) is 19.2. The minimum absolute atomic E-state index is 0.00248. The molecule has 45 heavy (non-hydrogen) atoms. The van der Waals surface area contributed by atoms with Gasteiger partial charge < -0.3 is 4.74 Å². The molecule has 0 unspecified atom stereocenters. The van der Waals surface area contributed by atoms with Crippen LogP contribution in [0.5, 0.6) is 0 Å². The van der Waals surface area contributed by atoms with Crippen molar-refractivity contribution in [1.82, 2.24) is 14.1 Å². The Balaban J connectivity index is 1.29. The Hall–Kier alpha value is -4.15. The van der Waals surface area contributed by atoms with Crippen LogP contribution in [-0.2, 0) is 33.4 Å². The van der Waals surface area contributed by atoms with Crippen molar-refractivity contribution >= 4 is 22.1 Å². The van der Waals surface area contributed by atoms with E-state index >= 15 is 0 Å². The molecule has 1 heterocycles. The predicted octanol–water partition coefficient (Wildman–Crippen LogP) is 6.37. The molecule has 0 saturated heterocycles. The van der Waals surface area contributed by atoms with Crippen LogP contribution in [0, 0.1) is 23.0 Å². The lowest BCUT2D eigenvalue weighted by molar-refractivity contribution is 0.0600. The summed E-state index contributed by atoms with van der Waals surface area (Å²) in [6.07, 6.45) is 6.49. The van der Waals surface area contributed by atoms with Crippen LogP contribution in [0.1, 0.15) is 52.5 Å². The maximum atomic E-state index is 14.6. The quantitative estimate of drug-likeness (QED) is 0.190. The minimum atomic E-state index is -3.93. The van der Waals surface area contributed by atoms with Gasteiger partial charge >= 0.3 is 5.97 Å². The van der Waals surface area contributed by atoms with Crippen molar-refractivity contribution in [3.05, 3.63) is 124 Å². The van der Waals surface area contributed by atoms with Gasteiger partial charge in [-0.1, -0.05) is 48.9 Å². The monoisotopic (exact) mass is 631 g/mol. The number of hydrogen-bond donors (Lipinski definition) is 0. The van der Waals surface area contributed by atoms with Crippen molar-refractivity contribution in [2.45, 2.75) is 38.4 Å². The van der Waals surface area contributed by atoms with E-state index in [-0.39, 0.29) is 53.8 Å². The summed E-state index contributed by atoms with van der Waals surface area (Å²) in [5, 5.41) is 4.60. The highest BCUT2D eigenvalue weighted by atomic mass is 32.2. The van der Waals surface area contributed by atoms with Crippen LogP contribution in [0.25, 0.3) is 11.8 Å². The topological polar surface area (TPSA) is 81.5 Å². The number of ether oxygens (including phenoxy) is 1. The van der Waals surface area contributed by atoms with Crippen molar-refractivity contribution < 1.29 is 26.7 Å². The lowest BCUT2D eigenvalue weighted by atomic mass is 9.70. The van der Waals surface area contributed by atoms with Gasteiger partial charge in [-0.05, 0) is 96.2 Å². The molecule has 2 aliphatic carbocycles. The SMILES string of the molecule is COC(=O)c1ccccc1CS(=O)(=O)N(CCc1ccccc1F)C[C@H]1CCC2=Cc3c(cnn3-c3ccc(F)cc3)C[C@@]21C. The minimum Gasteiger partial charge on any atom is -0.465 e. The van der Waals surface area contributed by atoms with Crippen molar-refractivity contribution in [1.29, 1.82) is 0 Å². The molecule has 4 aromatic rings. The number of allylic oxidation sites excluding steroid dienone is 1. The van der Waals surface area contributed by atoms with Crippen molar-refractivity contribution in [2.75, 3.05) is 20.2 Å². The first kappa shape index (κ1) is 30.9. The van der Waals surface area contributed by atoms with E-state index in [0.717, 1.165) is 29.8 Å². The number of rotatable bonds is 10. The summed E-state index contributed by atoms with van der Waals surface area (Å²) >= 11 is 0. The largest absolute Gasteiger partial charge is 0.465 e. The summed E-state index contributed by atoms with van der Waals surface area (Å²) in [4.78, 5) is 12.4. The molecule has 0 amide bonds. The van der Waals surface area contributed by atoms with Crippen LogP contribution in [-0.4, -0.2) is 48.7 Å². The number of benzene rings is 3. The molecule has 6 rings (SSSR count). The Morgan fingerprint density at radius 1 is 1.04 bits per heavy atom. The van der Waals surface area contributed by atoms with Gasteiger partial charge in [-0.2, -0.15) is 5.10 Å². The van der Waals surface area contributed by atoms with E-state index in [4.69, 9.17) is 4.74 Å². The first-order valence-electron chi connectivity index (χ1n) is 15.0. The summed E-state index contributed by atoms with van der Waals surface area (Å²) in [5.74, 6) is -1.67. The summed E-state index contributed by atoms with van der Waals surface area (Å²) in [6, 6.07) is 19.2. The summed E-state index contributed by atoms with van der Waals surface area (Å²) < 4.78 is 64.6. The molecule has 1 saturated carbocycles. The predicted molar refractivity (Wildman–Crippen MR) is 168 cm³/mol. The Kier molecular flexibility index (Phi) is 8.45. The lowest BCUT2D eigenvalue weighted by Crippen LogP contribution is -2.42. The van der Waals surface area contributed by atoms with Gasteiger partial charge in [-0.25, -0.2) is 31.0 Å². The molecule has 0 bridgehead atoms. The molecule has 0 N–H and O–H groups in total. The number of halogens is 2. The van der Waals surface area contributed by atoms with Gasteiger partial charge in [0.15, 0.2) is 0 Å². The van der Waals surface area contributed by atoms with Crippen LogP contribution in [0.3, 0.4) is 0 Å². The van der Waals surface area contributed by atoms with E-state index < -0.39 is 16.0 Å². The highest BCUT2D eigenvalue weighted by molar-refractivity contribution is 7.88. The van der Waals surface area contributed by atoms with Crippen molar-refractivity contribution in [3.8, 4) is 5.69 Å². The molecule has 3 aromatic carbocycles.